The van der Waals surface area contributed by atoms with Gasteiger partial charge in [-0.3, -0.25) is 9.59 Å². The number of methoxy groups -OCH3 is 1. The van der Waals surface area contributed by atoms with Crippen molar-refractivity contribution >= 4 is 63.8 Å². The second-order valence-corrected chi connectivity index (χ2v) is 9.88. The number of hydrogen-bond donors (Lipinski definition) is 3. The summed E-state index contributed by atoms with van der Waals surface area (Å²) >= 11 is 14.0. The maximum atomic E-state index is 13.0. The number of amides is 2. The van der Waals surface area contributed by atoms with E-state index in [9.17, 15) is 14.7 Å². The lowest BCUT2D eigenvalue weighted by Crippen LogP contribution is -2.50. The highest BCUT2D eigenvalue weighted by atomic mass is 127. The van der Waals surface area contributed by atoms with Gasteiger partial charge in [0, 0.05) is 11.4 Å². The zero-order chi connectivity index (χ0) is 26.9. The van der Waals surface area contributed by atoms with Gasteiger partial charge in [0.15, 0.2) is 17.6 Å². The van der Waals surface area contributed by atoms with Crippen molar-refractivity contribution in [2.75, 3.05) is 7.11 Å². The minimum absolute atomic E-state index is 0.0196. The number of halogens is 3. The number of hydrogen-bond acceptors (Lipinski definition) is 6. The average Bonchev–Trinajstić information content (AvgIpc) is 2.87. The van der Waals surface area contributed by atoms with Gasteiger partial charge in [0.05, 0.1) is 21.9 Å². The third-order valence-corrected chi connectivity index (χ3v) is 6.49. The number of phenolic OH excluding ortho intramolecular Hbond substituents is 1. The molecule has 0 unspecified atom stereocenters. The van der Waals surface area contributed by atoms with Crippen LogP contribution in [0.25, 0.3) is 0 Å². The van der Waals surface area contributed by atoms with Gasteiger partial charge in [-0.1, -0.05) is 53.5 Å². The van der Waals surface area contributed by atoms with Crippen LogP contribution >= 0.6 is 45.8 Å². The van der Waals surface area contributed by atoms with Crippen LogP contribution < -0.4 is 20.2 Å². The predicted molar refractivity (Wildman–Crippen MR) is 152 cm³/mol. The zero-order valence-corrected chi connectivity index (χ0v) is 23.5. The van der Waals surface area contributed by atoms with Crippen LogP contribution in [0.15, 0.2) is 65.8 Å². The fourth-order valence-corrected chi connectivity index (χ4v) is 4.31. The first-order valence-corrected chi connectivity index (χ1v) is 12.9. The Kier molecular flexibility index (Phi) is 10.4. The normalized spacial score (nSPS) is 12.6. The van der Waals surface area contributed by atoms with E-state index in [0.717, 1.165) is 5.56 Å². The number of phenols is 1. The van der Waals surface area contributed by atoms with Crippen LogP contribution in [0, 0.1) is 3.57 Å². The summed E-state index contributed by atoms with van der Waals surface area (Å²) in [5, 5.41) is 17.4. The third kappa shape index (κ3) is 8.24. The number of ether oxygens (including phenoxy) is 2. The molecule has 2 atom stereocenters. The van der Waals surface area contributed by atoms with Gasteiger partial charge in [0.1, 0.15) is 11.8 Å². The van der Waals surface area contributed by atoms with Crippen molar-refractivity contribution < 1.29 is 24.2 Å². The third-order valence-electron chi connectivity index (χ3n) is 5.14. The summed E-state index contributed by atoms with van der Waals surface area (Å²) in [5.41, 5.74) is 3.91. The van der Waals surface area contributed by atoms with Crippen LogP contribution in [0.5, 0.6) is 17.2 Å². The first-order valence-electron chi connectivity index (χ1n) is 11.0. The lowest BCUT2D eigenvalue weighted by atomic mass is 10.1. The van der Waals surface area contributed by atoms with E-state index in [1.807, 2.05) is 52.9 Å². The van der Waals surface area contributed by atoms with E-state index in [1.54, 1.807) is 31.2 Å². The molecule has 37 heavy (non-hydrogen) atoms. The molecule has 0 radical (unpaired) electrons. The fourth-order valence-electron chi connectivity index (χ4n) is 3.24. The van der Waals surface area contributed by atoms with Crippen molar-refractivity contribution in [3.05, 3.63) is 85.4 Å². The Labute approximate surface area is 238 Å². The summed E-state index contributed by atoms with van der Waals surface area (Å²) in [7, 11) is 1.44. The molecule has 3 N–H and O–H groups in total. The molecule has 0 spiro atoms. The molecule has 0 aliphatic carbocycles. The highest BCUT2D eigenvalue weighted by Gasteiger charge is 2.25. The maximum Gasteiger partial charge on any atom is 0.262 e. The monoisotopic (exact) mass is 655 g/mol. The number of benzene rings is 3. The van der Waals surface area contributed by atoms with E-state index in [2.05, 4.69) is 15.8 Å². The number of nitrogens with zero attached hydrogens (tertiary/aromatic N) is 1. The minimum Gasteiger partial charge on any atom is -0.504 e. The lowest BCUT2D eigenvalue weighted by molar-refractivity contribution is -0.132. The van der Waals surface area contributed by atoms with Gasteiger partial charge in [-0.25, -0.2) is 5.43 Å². The van der Waals surface area contributed by atoms with E-state index in [4.69, 9.17) is 32.7 Å². The van der Waals surface area contributed by atoms with Gasteiger partial charge < -0.3 is 19.9 Å². The number of aromatic hydroxyl groups is 1. The molecule has 0 bridgehead atoms. The van der Waals surface area contributed by atoms with E-state index in [-0.39, 0.29) is 22.9 Å². The summed E-state index contributed by atoms with van der Waals surface area (Å²) in [4.78, 5) is 25.9. The molecule has 0 aliphatic heterocycles. The maximum absolute atomic E-state index is 13.0. The molecule has 0 heterocycles. The van der Waals surface area contributed by atoms with Crippen molar-refractivity contribution in [2.45, 2.75) is 25.5 Å². The summed E-state index contributed by atoms with van der Waals surface area (Å²) in [6.45, 7) is 1.55. The standard InChI is InChI=1S/C26H24Cl2IN3O5/c1-15(37-22-9-8-18(27)13-19(22)28)25(34)31-21(11-16-6-4-3-5-7-16)26(35)32-30-14-17-10-20(29)24(33)23(12-17)36-2/h3-10,12-15,21,33H,11H2,1-2H3,(H,31,34)(H,32,35)/b30-14-/t15-,21+/m1/s1. The zero-order valence-electron chi connectivity index (χ0n) is 19.9. The Bertz CT molecular complexity index is 1290. The molecule has 0 fully saturated rings. The number of carbonyl (C=O) groups excluding carboxylic acids is 2. The summed E-state index contributed by atoms with van der Waals surface area (Å²) in [6, 6.07) is 16.3. The van der Waals surface area contributed by atoms with Gasteiger partial charge in [-0.05, 0) is 71.0 Å². The number of hydrazone groups is 1. The van der Waals surface area contributed by atoms with E-state index in [1.165, 1.54) is 19.4 Å². The minimum atomic E-state index is -0.945. The van der Waals surface area contributed by atoms with Gasteiger partial charge in [0.25, 0.3) is 11.8 Å². The van der Waals surface area contributed by atoms with Gasteiger partial charge >= 0.3 is 0 Å². The van der Waals surface area contributed by atoms with E-state index >= 15 is 0 Å². The lowest BCUT2D eigenvalue weighted by Gasteiger charge is -2.21. The van der Waals surface area contributed by atoms with E-state index < -0.39 is 24.0 Å². The average molecular weight is 656 g/mol. The van der Waals surface area contributed by atoms with Crippen molar-refractivity contribution in [3.8, 4) is 17.2 Å². The predicted octanol–water partition coefficient (Wildman–Crippen LogP) is 4.96. The second-order valence-electron chi connectivity index (χ2n) is 7.87. The Hall–Kier alpha value is -3.02. The van der Waals surface area contributed by atoms with Crippen LogP contribution in [0.1, 0.15) is 18.1 Å². The van der Waals surface area contributed by atoms with Crippen LogP contribution in [0.3, 0.4) is 0 Å². The summed E-state index contributed by atoms with van der Waals surface area (Å²) in [6.07, 6.45) is 0.699. The topological polar surface area (TPSA) is 109 Å². The van der Waals surface area contributed by atoms with Gasteiger partial charge in [-0.15, -0.1) is 0 Å². The molecule has 0 saturated carbocycles. The van der Waals surface area contributed by atoms with Crippen molar-refractivity contribution in [1.29, 1.82) is 0 Å². The van der Waals surface area contributed by atoms with Crippen LogP contribution in [-0.4, -0.2) is 42.4 Å². The first kappa shape index (κ1) is 28.5. The molecule has 0 aliphatic rings. The molecule has 11 heteroatoms. The largest absolute Gasteiger partial charge is 0.504 e. The SMILES string of the molecule is COc1cc(/C=N\NC(=O)[C@H](Cc2ccccc2)NC(=O)[C@@H](C)Oc2ccc(Cl)cc2Cl)cc(I)c1O. The summed E-state index contributed by atoms with van der Waals surface area (Å²) < 4.78 is 11.4. The molecule has 2 amide bonds. The number of rotatable bonds is 10. The smallest absolute Gasteiger partial charge is 0.262 e. The number of nitrogens with one attached hydrogen (secondary N) is 2. The highest BCUT2D eigenvalue weighted by molar-refractivity contribution is 14.1. The van der Waals surface area contributed by atoms with Crippen molar-refractivity contribution in [3.63, 3.8) is 0 Å². The van der Waals surface area contributed by atoms with Crippen LogP contribution in [-0.2, 0) is 16.0 Å². The molecular formula is C26H24Cl2IN3O5. The number of carbonyl (C=O) groups is 2. The fraction of sp³-hybridized carbons (Fsp3) is 0.192. The molecule has 8 nitrogen and oxygen atoms in total. The van der Waals surface area contributed by atoms with Crippen LogP contribution in [0.4, 0.5) is 0 Å². The van der Waals surface area contributed by atoms with Gasteiger partial charge in [-0.2, -0.15) is 5.10 Å². The quantitative estimate of drug-likeness (QED) is 0.163. The second kappa shape index (κ2) is 13.5. The van der Waals surface area contributed by atoms with Crippen molar-refractivity contribution in [2.24, 2.45) is 5.10 Å². The molecule has 3 rings (SSSR count). The molecule has 0 saturated heterocycles. The summed E-state index contributed by atoms with van der Waals surface area (Å²) in [5.74, 6) is -0.439. The molecule has 3 aromatic rings. The Morgan fingerprint density at radius 1 is 1.08 bits per heavy atom. The first-order chi connectivity index (χ1) is 17.7. The Balaban J connectivity index is 1.71. The molecule has 0 aromatic heterocycles. The Morgan fingerprint density at radius 2 is 1.81 bits per heavy atom. The Morgan fingerprint density at radius 3 is 2.49 bits per heavy atom. The highest BCUT2D eigenvalue weighted by Crippen LogP contribution is 2.32. The van der Waals surface area contributed by atoms with E-state index in [0.29, 0.717) is 19.9 Å². The molecule has 3 aromatic carbocycles. The molecular weight excluding hydrogens is 632 g/mol. The van der Waals surface area contributed by atoms with Gasteiger partial charge in [0.2, 0.25) is 0 Å². The van der Waals surface area contributed by atoms with Crippen LogP contribution in [0.2, 0.25) is 10.0 Å². The van der Waals surface area contributed by atoms with Crippen molar-refractivity contribution in [1.82, 2.24) is 10.7 Å². The molecule has 194 valence electrons.